The van der Waals surface area contributed by atoms with E-state index in [9.17, 15) is 0 Å². The molecule has 0 aliphatic rings. The Labute approximate surface area is 112 Å². The Morgan fingerprint density at radius 2 is 1.94 bits per heavy atom. The molecule has 18 heavy (non-hydrogen) atoms. The van der Waals surface area contributed by atoms with Crippen molar-refractivity contribution < 1.29 is 0 Å². The Morgan fingerprint density at radius 1 is 1.28 bits per heavy atom. The number of thioether (sulfide) groups is 1. The summed E-state index contributed by atoms with van der Waals surface area (Å²) >= 11 is 1.77. The second-order valence-corrected chi connectivity index (χ2v) is 5.72. The molecule has 0 amide bonds. The number of aromatic nitrogens is 2. The Balaban J connectivity index is 2.19. The first kappa shape index (κ1) is 13.2. The molecule has 0 saturated carbocycles. The Morgan fingerprint density at radius 3 is 2.44 bits per heavy atom. The average Bonchev–Trinajstić information content (AvgIpc) is 2.66. The van der Waals surface area contributed by atoms with Gasteiger partial charge in [-0.3, -0.25) is 4.68 Å². The molecule has 3 nitrogen and oxygen atoms in total. The van der Waals surface area contributed by atoms with Crippen LogP contribution in [0.3, 0.4) is 0 Å². The highest BCUT2D eigenvalue weighted by Crippen LogP contribution is 2.34. The number of hydrogen-bond donors (Lipinski definition) is 1. The molecule has 0 radical (unpaired) electrons. The third-order valence-corrected chi connectivity index (χ3v) is 4.26. The van der Waals surface area contributed by atoms with Gasteiger partial charge < -0.3 is 5.73 Å². The van der Waals surface area contributed by atoms with E-state index in [1.807, 2.05) is 18.7 Å². The summed E-state index contributed by atoms with van der Waals surface area (Å²) in [5.41, 5.74) is 9.48. The molecule has 0 aliphatic heterocycles. The van der Waals surface area contributed by atoms with E-state index in [0.717, 1.165) is 10.7 Å². The predicted octanol–water partition coefficient (Wildman–Crippen LogP) is 2.83. The highest BCUT2D eigenvalue weighted by molar-refractivity contribution is 7.99. The Kier molecular flexibility index (Phi) is 4.09. The number of benzene rings is 1. The van der Waals surface area contributed by atoms with Crippen molar-refractivity contribution in [2.75, 3.05) is 6.54 Å². The van der Waals surface area contributed by atoms with Gasteiger partial charge in [-0.25, -0.2) is 0 Å². The smallest absolute Gasteiger partial charge is 0.0945 e. The maximum atomic E-state index is 5.90. The summed E-state index contributed by atoms with van der Waals surface area (Å²) in [4.78, 5) is 0. The molecule has 1 atom stereocenters. The highest BCUT2D eigenvalue weighted by Gasteiger charge is 2.14. The molecule has 1 heterocycles. The maximum absolute atomic E-state index is 5.90. The van der Waals surface area contributed by atoms with Crippen molar-refractivity contribution in [3.05, 3.63) is 47.2 Å². The topological polar surface area (TPSA) is 43.8 Å². The molecule has 0 aliphatic carbocycles. The molecule has 2 rings (SSSR count). The first-order valence-corrected chi connectivity index (χ1v) is 6.92. The van der Waals surface area contributed by atoms with Crippen molar-refractivity contribution in [2.24, 2.45) is 12.8 Å². The van der Waals surface area contributed by atoms with E-state index in [-0.39, 0.29) is 5.25 Å². The predicted molar refractivity (Wildman–Crippen MR) is 76.8 cm³/mol. The maximum Gasteiger partial charge on any atom is 0.0945 e. The third-order valence-electron chi connectivity index (χ3n) is 2.89. The van der Waals surface area contributed by atoms with Crippen LogP contribution in [0.25, 0.3) is 0 Å². The van der Waals surface area contributed by atoms with Crippen molar-refractivity contribution in [1.29, 1.82) is 0 Å². The van der Waals surface area contributed by atoms with Crippen LogP contribution in [0.1, 0.15) is 22.1 Å². The minimum Gasteiger partial charge on any atom is -0.329 e. The molecule has 0 bridgehead atoms. The fraction of sp³-hybridized carbons (Fsp3) is 0.357. The lowest BCUT2D eigenvalue weighted by atomic mass is 10.1. The molecular weight excluding hydrogens is 242 g/mol. The van der Waals surface area contributed by atoms with Gasteiger partial charge in [0.2, 0.25) is 0 Å². The van der Waals surface area contributed by atoms with Crippen LogP contribution in [-0.4, -0.2) is 16.3 Å². The van der Waals surface area contributed by atoms with E-state index in [2.05, 4.69) is 42.4 Å². The van der Waals surface area contributed by atoms with Gasteiger partial charge in [-0.15, -0.1) is 0 Å². The third kappa shape index (κ3) is 2.94. The number of aryl methyl sites for hydroxylation is 3. The molecular formula is C14H19N3S. The van der Waals surface area contributed by atoms with Gasteiger partial charge in [0.25, 0.3) is 0 Å². The van der Waals surface area contributed by atoms with E-state index in [4.69, 9.17) is 5.73 Å². The SMILES string of the molecule is Cc1ccc(C(CN)Sc2cc(C)nn2C)cc1. The van der Waals surface area contributed by atoms with Crippen LogP contribution >= 0.6 is 11.8 Å². The van der Waals surface area contributed by atoms with Gasteiger partial charge in [-0.05, 0) is 25.5 Å². The van der Waals surface area contributed by atoms with Gasteiger partial charge in [0.1, 0.15) is 0 Å². The van der Waals surface area contributed by atoms with Crippen LogP contribution < -0.4 is 5.73 Å². The number of hydrogen-bond acceptors (Lipinski definition) is 3. The monoisotopic (exact) mass is 261 g/mol. The van der Waals surface area contributed by atoms with Gasteiger partial charge in [0.05, 0.1) is 10.7 Å². The molecule has 1 aromatic heterocycles. The molecule has 0 fully saturated rings. The fourth-order valence-corrected chi connectivity index (χ4v) is 2.99. The zero-order valence-corrected chi connectivity index (χ0v) is 11.9. The summed E-state index contributed by atoms with van der Waals surface area (Å²) in [7, 11) is 1.97. The minimum absolute atomic E-state index is 0.278. The molecule has 0 saturated heterocycles. The summed E-state index contributed by atoms with van der Waals surface area (Å²) in [6.45, 7) is 4.73. The van der Waals surface area contributed by atoms with Crippen LogP contribution in [0.4, 0.5) is 0 Å². The Hall–Kier alpha value is -1.26. The minimum atomic E-state index is 0.278. The van der Waals surface area contributed by atoms with E-state index < -0.39 is 0 Å². The van der Waals surface area contributed by atoms with Crippen LogP contribution in [-0.2, 0) is 7.05 Å². The van der Waals surface area contributed by atoms with Gasteiger partial charge in [0.15, 0.2) is 0 Å². The largest absolute Gasteiger partial charge is 0.329 e. The first-order valence-electron chi connectivity index (χ1n) is 6.04. The standard InChI is InChI=1S/C14H19N3S/c1-10-4-6-12(7-5-10)13(9-15)18-14-8-11(2)16-17(14)3/h4-8,13H,9,15H2,1-3H3. The molecule has 96 valence electrons. The van der Waals surface area contributed by atoms with Gasteiger partial charge in [0, 0.05) is 18.8 Å². The average molecular weight is 261 g/mol. The summed E-state index contributed by atoms with van der Waals surface area (Å²) in [6.07, 6.45) is 0. The molecule has 2 aromatic rings. The summed E-state index contributed by atoms with van der Waals surface area (Å²) < 4.78 is 1.91. The van der Waals surface area contributed by atoms with E-state index in [0.29, 0.717) is 6.54 Å². The summed E-state index contributed by atoms with van der Waals surface area (Å²) in [6, 6.07) is 10.7. The normalized spacial score (nSPS) is 12.7. The second kappa shape index (κ2) is 5.59. The van der Waals surface area contributed by atoms with Crippen LogP contribution in [0.5, 0.6) is 0 Å². The quantitative estimate of drug-likeness (QED) is 0.861. The fourth-order valence-electron chi connectivity index (χ4n) is 1.88. The van der Waals surface area contributed by atoms with Crippen molar-refractivity contribution >= 4 is 11.8 Å². The van der Waals surface area contributed by atoms with Crippen LogP contribution in [0, 0.1) is 13.8 Å². The lowest BCUT2D eigenvalue weighted by Crippen LogP contribution is -2.10. The van der Waals surface area contributed by atoms with Crippen molar-refractivity contribution in [3.8, 4) is 0 Å². The zero-order chi connectivity index (χ0) is 13.1. The van der Waals surface area contributed by atoms with E-state index in [1.54, 1.807) is 11.8 Å². The Bertz CT molecular complexity index is 516. The number of nitrogens with two attached hydrogens (primary N) is 1. The molecule has 2 N–H and O–H groups in total. The number of nitrogens with zero attached hydrogens (tertiary/aromatic N) is 2. The van der Waals surface area contributed by atoms with Gasteiger partial charge in [-0.1, -0.05) is 41.6 Å². The van der Waals surface area contributed by atoms with Gasteiger partial charge in [-0.2, -0.15) is 5.10 Å². The second-order valence-electron chi connectivity index (χ2n) is 4.50. The lowest BCUT2D eigenvalue weighted by molar-refractivity contribution is 0.690. The molecule has 1 aromatic carbocycles. The van der Waals surface area contributed by atoms with Crippen molar-refractivity contribution in [1.82, 2.24) is 9.78 Å². The molecule has 1 unspecified atom stereocenters. The van der Waals surface area contributed by atoms with Crippen molar-refractivity contribution in [3.63, 3.8) is 0 Å². The van der Waals surface area contributed by atoms with Gasteiger partial charge >= 0.3 is 0 Å². The van der Waals surface area contributed by atoms with Crippen LogP contribution in [0.15, 0.2) is 35.4 Å². The van der Waals surface area contributed by atoms with E-state index >= 15 is 0 Å². The van der Waals surface area contributed by atoms with Crippen molar-refractivity contribution in [2.45, 2.75) is 24.1 Å². The molecule has 4 heteroatoms. The lowest BCUT2D eigenvalue weighted by Gasteiger charge is -2.15. The highest BCUT2D eigenvalue weighted by atomic mass is 32.2. The van der Waals surface area contributed by atoms with Crippen LogP contribution in [0.2, 0.25) is 0 Å². The summed E-state index contributed by atoms with van der Waals surface area (Å²) in [5.74, 6) is 0. The molecule has 0 spiro atoms. The summed E-state index contributed by atoms with van der Waals surface area (Å²) in [5, 5.41) is 5.80. The van der Waals surface area contributed by atoms with E-state index in [1.165, 1.54) is 11.1 Å². The number of rotatable bonds is 4. The first-order chi connectivity index (χ1) is 8.60. The zero-order valence-electron chi connectivity index (χ0n) is 11.1.